The summed E-state index contributed by atoms with van der Waals surface area (Å²) in [4.78, 5) is 26.2. The molecule has 1 unspecified atom stereocenters. The SMILES string of the molecule is CCCC(C)NC(=O)c1cc(C)c(C)[nH]c1=O. The average Bonchev–Trinajstić information content (AvgIpc) is 2.23. The quantitative estimate of drug-likeness (QED) is 0.838. The minimum absolute atomic E-state index is 0.0912. The van der Waals surface area contributed by atoms with Gasteiger partial charge in [-0.15, -0.1) is 0 Å². The van der Waals surface area contributed by atoms with E-state index in [-0.39, 0.29) is 23.1 Å². The number of aromatic amines is 1. The van der Waals surface area contributed by atoms with Gasteiger partial charge in [0.25, 0.3) is 11.5 Å². The van der Waals surface area contributed by atoms with Crippen LogP contribution >= 0.6 is 0 Å². The predicted octanol–water partition coefficient (Wildman–Crippen LogP) is 1.91. The number of carbonyl (C=O) groups is 1. The van der Waals surface area contributed by atoms with Gasteiger partial charge in [0.1, 0.15) is 5.56 Å². The van der Waals surface area contributed by atoms with Gasteiger partial charge in [-0.2, -0.15) is 0 Å². The average molecular weight is 236 g/mol. The summed E-state index contributed by atoms with van der Waals surface area (Å²) in [5.41, 5.74) is 1.58. The molecule has 0 aliphatic rings. The Morgan fingerprint density at radius 3 is 2.71 bits per heavy atom. The number of carbonyl (C=O) groups excluding carboxylic acids is 1. The van der Waals surface area contributed by atoms with Gasteiger partial charge in [0.15, 0.2) is 0 Å². The van der Waals surface area contributed by atoms with Crippen LogP contribution in [-0.2, 0) is 0 Å². The first-order valence-corrected chi connectivity index (χ1v) is 5.97. The van der Waals surface area contributed by atoms with Crippen molar-refractivity contribution in [3.8, 4) is 0 Å². The highest BCUT2D eigenvalue weighted by Gasteiger charge is 2.13. The zero-order chi connectivity index (χ0) is 13.0. The van der Waals surface area contributed by atoms with E-state index in [1.54, 1.807) is 6.07 Å². The minimum Gasteiger partial charge on any atom is -0.349 e. The molecule has 0 aromatic carbocycles. The van der Waals surface area contributed by atoms with Gasteiger partial charge in [-0.25, -0.2) is 0 Å². The van der Waals surface area contributed by atoms with Crippen LogP contribution in [0.3, 0.4) is 0 Å². The van der Waals surface area contributed by atoms with Crippen LogP contribution in [0.15, 0.2) is 10.9 Å². The highest BCUT2D eigenvalue weighted by molar-refractivity contribution is 5.94. The maximum Gasteiger partial charge on any atom is 0.261 e. The van der Waals surface area contributed by atoms with Crippen LogP contribution < -0.4 is 10.9 Å². The fourth-order valence-electron chi connectivity index (χ4n) is 1.70. The molecular formula is C13H20N2O2. The van der Waals surface area contributed by atoms with Crippen LogP contribution in [-0.4, -0.2) is 16.9 Å². The van der Waals surface area contributed by atoms with E-state index in [1.807, 2.05) is 20.8 Å². The van der Waals surface area contributed by atoms with Crippen LogP contribution in [0.1, 0.15) is 48.3 Å². The van der Waals surface area contributed by atoms with Crippen molar-refractivity contribution >= 4 is 5.91 Å². The van der Waals surface area contributed by atoms with E-state index >= 15 is 0 Å². The number of aromatic nitrogens is 1. The summed E-state index contributed by atoms with van der Waals surface area (Å²) in [6.45, 7) is 7.69. The maximum atomic E-state index is 11.9. The molecule has 0 radical (unpaired) electrons. The lowest BCUT2D eigenvalue weighted by atomic mass is 10.1. The smallest absolute Gasteiger partial charge is 0.261 e. The molecule has 1 atom stereocenters. The molecule has 0 aliphatic heterocycles. The van der Waals surface area contributed by atoms with Crippen molar-refractivity contribution in [3.05, 3.63) is 33.2 Å². The Bertz CT molecular complexity index is 463. The Balaban J connectivity index is 2.90. The summed E-state index contributed by atoms with van der Waals surface area (Å²) in [6, 6.07) is 1.73. The normalized spacial score (nSPS) is 12.2. The van der Waals surface area contributed by atoms with Crippen molar-refractivity contribution in [2.75, 3.05) is 0 Å². The Kier molecular flexibility index (Phi) is 4.49. The minimum atomic E-state index is -0.325. The third-order valence-electron chi connectivity index (χ3n) is 2.84. The Morgan fingerprint density at radius 2 is 2.12 bits per heavy atom. The molecule has 1 amide bonds. The van der Waals surface area contributed by atoms with Gasteiger partial charge in [0.2, 0.25) is 0 Å². The van der Waals surface area contributed by atoms with Gasteiger partial charge in [0, 0.05) is 11.7 Å². The molecule has 0 saturated heterocycles. The Morgan fingerprint density at radius 1 is 1.47 bits per heavy atom. The van der Waals surface area contributed by atoms with Gasteiger partial charge in [0.05, 0.1) is 0 Å². The lowest BCUT2D eigenvalue weighted by Gasteiger charge is -2.12. The van der Waals surface area contributed by atoms with E-state index in [4.69, 9.17) is 0 Å². The third kappa shape index (κ3) is 3.44. The summed E-state index contributed by atoms with van der Waals surface area (Å²) in [5.74, 6) is -0.296. The molecule has 1 aromatic heterocycles. The molecule has 0 bridgehead atoms. The topological polar surface area (TPSA) is 62.0 Å². The molecular weight excluding hydrogens is 216 g/mol. The molecule has 0 aliphatic carbocycles. The van der Waals surface area contributed by atoms with E-state index < -0.39 is 0 Å². The number of hydrogen-bond donors (Lipinski definition) is 2. The van der Waals surface area contributed by atoms with Crippen molar-refractivity contribution in [2.24, 2.45) is 0 Å². The van der Waals surface area contributed by atoms with Gasteiger partial charge in [-0.3, -0.25) is 9.59 Å². The number of H-pyrrole nitrogens is 1. The summed E-state index contributed by atoms with van der Waals surface area (Å²) >= 11 is 0. The summed E-state index contributed by atoms with van der Waals surface area (Å²) in [5, 5.41) is 2.83. The Labute approximate surface area is 101 Å². The first-order chi connectivity index (χ1) is 7.95. The molecule has 4 heteroatoms. The molecule has 0 saturated carbocycles. The van der Waals surface area contributed by atoms with Crippen molar-refractivity contribution in [3.63, 3.8) is 0 Å². The molecule has 94 valence electrons. The molecule has 0 fully saturated rings. The second-order valence-electron chi connectivity index (χ2n) is 4.48. The molecule has 1 heterocycles. The van der Waals surface area contributed by atoms with Gasteiger partial charge in [-0.1, -0.05) is 13.3 Å². The van der Waals surface area contributed by atoms with Crippen LogP contribution in [0.5, 0.6) is 0 Å². The van der Waals surface area contributed by atoms with Crippen molar-refractivity contribution in [2.45, 2.75) is 46.6 Å². The molecule has 2 N–H and O–H groups in total. The van der Waals surface area contributed by atoms with Gasteiger partial charge in [-0.05, 0) is 38.8 Å². The molecule has 1 rings (SSSR count). The van der Waals surface area contributed by atoms with E-state index in [9.17, 15) is 9.59 Å². The molecule has 17 heavy (non-hydrogen) atoms. The number of hydrogen-bond acceptors (Lipinski definition) is 2. The highest BCUT2D eigenvalue weighted by atomic mass is 16.2. The monoisotopic (exact) mass is 236 g/mol. The van der Waals surface area contributed by atoms with E-state index in [2.05, 4.69) is 17.2 Å². The predicted molar refractivity (Wildman–Crippen MR) is 68.4 cm³/mol. The Hall–Kier alpha value is -1.58. The van der Waals surface area contributed by atoms with Crippen LogP contribution in [0.2, 0.25) is 0 Å². The summed E-state index contributed by atoms with van der Waals surface area (Å²) < 4.78 is 0. The zero-order valence-corrected chi connectivity index (χ0v) is 10.9. The zero-order valence-electron chi connectivity index (χ0n) is 10.9. The first-order valence-electron chi connectivity index (χ1n) is 5.97. The second kappa shape index (κ2) is 5.66. The lowest BCUT2D eigenvalue weighted by Crippen LogP contribution is -2.36. The fraction of sp³-hybridized carbons (Fsp3) is 0.538. The lowest BCUT2D eigenvalue weighted by molar-refractivity contribution is 0.0936. The second-order valence-corrected chi connectivity index (χ2v) is 4.48. The van der Waals surface area contributed by atoms with Crippen LogP contribution in [0.4, 0.5) is 0 Å². The van der Waals surface area contributed by atoms with E-state index in [0.717, 1.165) is 24.1 Å². The molecule has 4 nitrogen and oxygen atoms in total. The summed E-state index contributed by atoms with van der Waals surface area (Å²) in [6.07, 6.45) is 1.92. The first kappa shape index (κ1) is 13.5. The highest BCUT2D eigenvalue weighted by Crippen LogP contribution is 2.03. The van der Waals surface area contributed by atoms with E-state index in [1.165, 1.54) is 0 Å². The van der Waals surface area contributed by atoms with Crippen molar-refractivity contribution < 1.29 is 4.79 Å². The number of amides is 1. The largest absolute Gasteiger partial charge is 0.349 e. The molecule has 0 spiro atoms. The maximum absolute atomic E-state index is 11.9. The van der Waals surface area contributed by atoms with Crippen LogP contribution in [0, 0.1) is 13.8 Å². The van der Waals surface area contributed by atoms with Gasteiger partial charge >= 0.3 is 0 Å². The van der Waals surface area contributed by atoms with Crippen molar-refractivity contribution in [1.82, 2.24) is 10.3 Å². The number of pyridine rings is 1. The number of nitrogens with one attached hydrogen (secondary N) is 2. The standard InChI is InChI=1S/C13H20N2O2/c1-5-6-9(3)14-12(16)11-7-8(2)10(4)15-13(11)17/h7,9H,5-6H2,1-4H3,(H,14,16)(H,15,17). The number of aryl methyl sites for hydroxylation is 2. The third-order valence-corrected chi connectivity index (χ3v) is 2.84. The fourth-order valence-corrected chi connectivity index (χ4v) is 1.70. The van der Waals surface area contributed by atoms with Crippen molar-refractivity contribution in [1.29, 1.82) is 0 Å². The van der Waals surface area contributed by atoms with Crippen LogP contribution in [0.25, 0.3) is 0 Å². The summed E-state index contributed by atoms with van der Waals surface area (Å²) in [7, 11) is 0. The van der Waals surface area contributed by atoms with Gasteiger partial charge < -0.3 is 10.3 Å². The molecule has 1 aromatic rings. The van der Waals surface area contributed by atoms with E-state index in [0.29, 0.717) is 0 Å². The number of rotatable bonds is 4.